The molecule has 1 aliphatic rings. The largest absolute Gasteiger partial charge is 0.386 e. The minimum Gasteiger partial charge on any atom is -0.386 e. The normalized spacial score (nSPS) is 15.0. The summed E-state index contributed by atoms with van der Waals surface area (Å²) >= 11 is 0. The van der Waals surface area contributed by atoms with Crippen molar-refractivity contribution in [3.8, 4) is 11.3 Å². The maximum absolute atomic E-state index is 5.41. The van der Waals surface area contributed by atoms with Gasteiger partial charge in [-0.2, -0.15) is 0 Å². The minimum atomic E-state index is 0.773. The van der Waals surface area contributed by atoms with Gasteiger partial charge < -0.3 is 15.0 Å². The first-order valence-corrected chi connectivity index (χ1v) is 7.36. The van der Waals surface area contributed by atoms with Gasteiger partial charge in [-0.1, -0.05) is 29.8 Å². The average molecular weight is 283 g/mol. The average Bonchev–Trinajstić information content (AvgIpc) is 2.56. The van der Waals surface area contributed by atoms with Crippen LogP contribution in [0.4, 0.5) is 11.5 Å². The molecule has 1 N–H and O–H groups in total. The van der Waals surface area contributed by atoms with E-state index in [1.165, 1.54) is 5.56 Å². The molecular weight excluding hydrogens is 262 g/mol. The van der Waals surface area contributed by atoms with E-state index in [9.17, 15) is 0 Å². The zero-order valence-electron chi connectivity index (χ0n) is 12.6. The summed E-state index contributed by atoms with van der Waals surface area (Å²) in [7, 11) is 1.93. The highest BCUT2D eigenvalue weighted by atomic mass is 16.5. The number of aromatic nitrogens is 1. The van der Waals surface area contributed by atoms with Gasteiger partial charge in [0, 0.05) is 25.7 Å². The fourth-order valence-electron chi connectivity index (χ4n) is 2.55. The van der Waals surface area contributed by atoms with Gasteiger partial charge in [0.05, 0.1) is 24.6 Å². The first-order valence-electron chi connectivity index (χ1n) is 7.36. The minimum absolute atomic E-state index is 0.773. The number of anilines is 2. The van der Waals surface area contributed by atoms with Gasteiger partial charge in [0.25, 0.3) is 0 Å². The second kappa shape index (κ2) is 6.14. The molecule has 0 spiro atoms. The number of nitrogens with one attached hydrogen (secondary N) is 1. The summed E-state index contributed by atoms with van der Waals surface area (Å²) in [6, 6.07) is 12.7. The van der Waals surface area contributed by atoms with Crippen LogP contribution in [0, 0.1) is 6.92 Å². The van der Waals surface area contributed by atoms with Gasteiger partial charge >= 0.3 is 0 Å². The van der Waals surface area contributed by atoms with Crippen molar-refractivity contribution >= 4 is 11.5 Å². The first-order chi connectivity index (χ1) is 10.3. The van der Waals surface area contributed by atoms with Crippen molar-refractivity contribution in [2.24, 2.45) is 0 Å². The Morgan fingerprint density at radius 3 is 2.43 bits per heavy atom. The highest BCUT2D eigenvalue weighted by Gasteiger charge is 2.15. The lowest BCUT2D eigenvalue weighted by Gasteiger charge is -2.28. The summed E-state index contributed by atoms with van der Waals surface area (Å²) in [5.41, 5.74) is 4.45. The summed E-state index contributed by atoms with van der Waals surface area (Å²) < 4.78 is 5.41. The third-order valence-electron chi connectivity index (χ3n) is 3.81. The van der Waals surface area contributed by atoms with E-state index in [2.05, 4.69) is 53.5 Å². The van der Waals surface area contributed by atoms with Crippen LogP contribution in [0.15, 0.2) is 36.4 Å². The van der Waals surface area contributed by atoms with Crippen LogP contribution in [0.3, 0.4) is 0 Å². The molecule has 110 valence electrons. The highest BCUT2D eigenvalue weighted by molar-refractivity contribution is 5.76. The zero-order valence-corrected chi connectivity index (χ0v) is 12.6. The molecule has 4 nitrogen and oxygen atoms in total. The van der Waals surface area contributed by atoms with Crippen molar-refractivity contribution in [3.63, 3.8) is 0 Å². The third-order valence-corrected chi connectivity index (χ3v) is 3.81. The van der Waals surface area contributed by atoms with Gasteiger partial charge in [0.15, 0.2) is 0 Å². The molecule has 0 radical (unpaired) electrons. The summed E-state index contributed by atoms with van der Waals surface area (Å²) in [6.45, 7) is 5.45. The molecule has 0 bridgehead atoms. The molecule has 0 aliphatic carbocycles. The second-order valence-electron chi connectivity index (χ2n) is 5.28. The van der Waals surface area contributed by atoms with Crippen LogP contribution in [-0.4, -0.2) is 38.3 Å². The van der Waals surface area contributed by atoms with Gasteiger partial charge in [-0.05, 0) is 19.1 Å². The van der Waals surface area contributed by atoms with Gasteiger partial charge in [0.1, 0.15) is 5.82 Å². The Hall–Kier alpha value is -2.07. The van der Waals surface area contributed by atoms with E-state index in [4.69, 9.17) is 9.72 Å². The molecule has 1 aromatic carbocycles. The smallest absolute Gasteiger partial charge is 0.129 e. The van der Waals surface area contributed by atoms with Crippen molar-refractivity contribution in [1.82, 2.24) is 4.98 Å². The molecule has 1 aliphatic heterocycles. The van der Waals surface area contributed by atoms with Crippen molar-refractivity contribution in [1.29, 1.82) is 0 Å². The van der Waals surface area contributed by atoms with E-state index in [1.807, 2.05) is 7.05 Å². The Bertz CT molecular complexity index is 604. The van der Waals surface area contributed by atoms with Crippen LogP contribution < -0.4 is 10.2 Å². The van der Waals surface area contributed by atoms with Gasteiger partial charge in [0.2, 0.25) is 0 Å². The maximum atomic E-state index is 5.41. The molecule has 0 amide bonds. The fourth-order valence-corrected chi connectivity index (χ4v) is 2.55. The van der Waals surface area contributed by atoms with E-state index in [-0.39, 0.29) is 0 Å². The number of ether oxygens (including phenoxy) is 1. The topological polar surface area (TPSA) is 37.4 Å². The number of benzene rings is 1. The summed E-state index contributed by atoms with van der Waals surface area (Å²) in [5, 5.41) is 3.23. The number of morpholine rings is 1. The molecule has 2 heterocycles. The third kappa shape index (κ3) is 3.00. The SMILES string of the molecule is CNc1ccc(N2CCOCC2)nc1-c1ccc(C)cc1. The van der Waals surface area contributed by atoms with Gasteiger partial charge in [-0.3, -0.25) is 0 Å². The lowest BCUT2D eigenvalue weighted by atomic mass is 10.1. The molecule has 3 rings (SSSR count). The Labute approximate surface area is 125 Å². The Morgan fingerprint density at radius 2 is 1.76 bits per heavy atom. The van der Waals surface area contributed by atoms with E-state index in [1.54, 1.807) is 0 Å². The standard InChI is InChI=1S/C17H21N3O/c1-13-3-5-14(6-4-13)17-15(18-2)7-8-16(19-17)20-9-11-21-12-10-20/h3-8,18H,9-12H2,1-2H3. The van der Waals surface area contributed by atoms with Gasteiger partial charge in [-0.15, -0.1) is 0 Å². The van der Waals surface area contributed by atoms with Crippen LogP contribution in [-0.2, 0) is 4.74 Å². The van der Waals surface area contributed by atoms with Crippen molar-refractivity contribution in [2.75, 3.05) is 43.6 Å². The monoisotopic (exact) mass is 283 g/mol. The second-order valence-corrected chi connectivity index (χ2v) is 5.28. The first kappa shape index (κ1) is 13.9. The van der Waals surface area contributed by atoms with Crippen molar-refractivity contribution in [2.45, 2.75) is 6.92 Å². The molecule has 1 saturated heterocycles. The number of nitrogens with zero attached hydrogens (tertiary/aromatic N) is 2. The quantitative estimate of drug-likeness (QED) is 0.940. The summed E-state index contributed by atoms with van der Waals surface area (Å²) in [5.74, 6) is 1.02. The lowest BCUT2D eigenvalue weighted by molar-refractivity contribution is 0.122. The molecule has 4 heteroatoms. The summed E-state index contributed by atoms with van der Waals surface area (Å²) in [6.07, 6.45) is 0. The molecule has 21 heavy (non-hydrogen) atoms. The van der Waals surface area contributed by atoms with Crippen LogP contribution in [0.25, 0.3) is 11.3 Å². The number of pyridine rings is 1. The van der Waals surface area contributed by atoms with Crippen LogP contribution in [0.5, 0.6) is 0 Å². The molecule has 1 fully saturated rings. The Kier molecular flexibility index (Phi) is 4.06. The number of aryl methyl sites for hydroxylation is 1. The van der Waals surface area contributed by atoms with E-state index >= 15 is 0 Å². The molecule has 1 aromatic heterocycles. The number of rotatable bonds is 3. The van der Waals surface area contributed by atoms with E-state index < -0.39 is 0 Å². The fraction of sp³-hybridized carbons (Fsp3) is 0.353. The van der Waals surface area contributed by atoms with Crippen LogP contribution in [0.1, 0.15) is 5.56 Å². The highest BCUT2D eigenvalue weighted by Crippen LogP contribution is 2.29. The molecular formula is C17H21N3O. The zero-order chi connectivity index (χ0) is 14.7. The number of hydrogen-bond donors (Lipinski definition) is 1. The van der Waals surface area contributed by atoms with Gasteiger partial charge in [-0.25, -0.2) is 4.98 Å². The Balaban J connectivity index is 1.98. The number of hydrogen-bond acceptors (Lipinski definition) is 4. The predicted octanol–water partition coefficient (Wildman–Crippen LogP) is 2.94. The molecule has 2 aromatic rings. The summed E-state index contributed by atoms with van der Waals surface area (Å²) in [4.78, 5) is 7.15. The molecule has 0 unspecified atom stereocenters. The predicted molar refractivity (Wildman–Crippen MR) is 87.0 cm³/mol. The van der Waals surface area contributed by atoms with Crippen molar-refractivity contribution < 1.29 is 4.74 Å². The lowest BCUT2D eigenvalue weighted by Crippen LogP contribution is -2.36. The van der Waals surface area contributed by atoms with Crippen LogP contribution >= 0.6 is 0 Å². The molecule has 0 atom stereocenters. The van der Waals surface area contributed by atoms with Crippen LogP contribution in [0.2, 0.25) is 0 Å². The maximum Gasteiger partial charge on any atom is 0.129 e. The Morgan fingerprint density at radius 1 is 1.05 bits per heavy atom. The van der Waals surface area contributed by atoms with Crippen molar-refractivity contribution in [3.05, 3.63) is 42.0 Å². The van der Waals surface area contributed by atoms with E-state index in [0.717, 1.165) is 49.1 Å². The van der Waals surface area contributed by atoms with E-state index in [0.29, 0.717) is 0 Å². The molecule has 0 saturated carbocycles.